The molecule has 3 rings (SSSR count). The van der Waals surface area contributed by atoms with Crippen LogP contribution in [0.15, 0.2) is 46.9 Å². The van der Waals surface area contributed by atoms with E-state index in [-0.39, 0.29) is 5.75 Å². The Bertz CT molecular complexity index is 789. The standard InChI is InChI=1S/C18H18O4/c1-20-8-7-12-3-6-16-14(9-12)11-17(22-16)13-4-5-15(19)18(10-13)21-2/h3-6,9-11,19H,7-8H2,1-2H3. The quantitative estimate of drug-likeness (QED) is 0.773. The molecule has 1 aromatic heterocycles. The van der Waals surface area contributed by atoms with E-state index in [1.165, 1.54) is 12.7 Å². The van der Waals surface area contributed by atoms with Gasteiger partial charge in [0.1, 0.15) is 11.3 Å². The van der Waals surface area contributed by atoms with E-state index in [1.807, 2.05) is 18.2 Å². The minimum atomic E-state index is 0.115. The van der Waals surface area contributed by atoms with Gasteiger partial charge in [-0.05, 0) is 48.4 Å². The lowest BCUT2D eigenvalue weighted by Crippen LogP contribution is -1.93. The van der Waals surface area contributed by atoms with Crippen LogP contribution in [0.25, 0.3) is 22.3 Å². The van der Waals surface area contributed by atoms with Crippen molar-refractivity contribution >= 4 is 11.0 Å². The Labute approximate surface area is 128 Å². The normalized spacial score (nSPS) is 11.0. The van der Waals surface area contributed by atoms with Gasteiger partial charge < -0.3 is 19.0 Å². The Kier molecular flexibility index (Phi) is 4.02. The number of benzene rings is 2. The van der Waals surface area contributed by atoms with Crippen molar-refractivity contribution < 1.29 is 19.0 Å². The zero-order valence-electron chi connectivity index (χ0n) is 12.6. The fraction of sp³-hybridized carbons (Fsp3) is 0.222. The summed E-state index contributed by atoms with van der Waals surface area (Å²) in [6, 6.07) is 13.3. The summed E-state index contributed by atoms with van der Waals surface area (Å²) in [6.45, 7) is 0.700. The van der Waals surface area contributed by atoms with Crippen molar-refractivity contribution in [3.05, 3.63) is 48.0 Å². The van der Waals surface area contributed by atoms with Gasteiger partial charge >= 0.3 is 0 Å². The Morgan fingerprint density at radius 3 is 2.68 bits per heavy atom. The number of aromatic hydroxyl groups is 1. The topological polar surface area (TPSA) is 51.8 Å². The highest BCUT2D eigenvalue weighted by atomic mass is 16.5. The molecule has 3 aromatic rings. The molecule has 114 valence electrons. The van der Waals surface area contributed by atoms with Gasteiger partial charge in [0.15, 0.2) is 11.5 Å². The molecule has 0 bridgehead atoms. The van der Waals surface area contributed by atoms with Crippen molar-refractivity contribution in [3.63, 3.8) is 0 Å². The number of furan rings is 1. The Morgan fingerprint density at radius 1 is 1.05 bits per heavy atom. The van der Waals surface area contributed by atoms with Crippen LogP contribution < -0.4 is 4.74 Å². The summed E-state index contributed by atoms with van der Waals surface area (Å²) in [6.07, 6.45) is 0.875. The van der Waals surface area contributed by atoms with Gasteiger partial charge in [-0.1, -0.05) is 6.07 Å². The summed E-state index contributed by atoms with van der Waals surface area (Å²) in [5, 5.41) is 10.7. The van der Waals surface area contributed by atoms with Crippen LogP contribution in [-0.4, -0.2) is 25.9 Å². The van der Waals surface area contributed by atoms with E-state index in [0.29, 0.717) is 12.4 Å². The van der Waals surface area contributed by atoms with Gasteiger partial charge in [0.2, 0.25) is 0 Å². The fourth-order valence-corrected chi connectivity index (χ4v) is 2.44. The molecule has 0 radical (unpaired) electrons. The third kappa shape index (κ3) is 2.78. The monoisotopic (exact) mass is 298 g/mol. The van der Waals surface area contributed by atoms with Gasteiger partial charge in [0, 0.05) is 18.1 Å². The van der Waals surface area contributed by atoms with E-state index in [0.717, 1.165) is 28.7 Å². The molecule has 0 aliphatic rings. The maximum absolute atomic E-state index is 9.67. The van der Waals surface area contributed by atoms with Crippen molar-refractivity contribution in [3.8, 4) is 22.8 Å². The smallest absolute Gasteiger partial charge is 0.161 e. The third-order valence-corrected chi connectivity index (χ3v) is 3.64. The van der Waals surface area contributed by atoms with Crippen molar-refractivity contribution in [2.75, 3.05) is 20.8 Å². The number of methoxy groups -OCH3 is 2. The second-order valence-electron chi connectivity index (χ2n) is 5.11. The van der Waals surface area contributed by atoms with Crippen molar-refractivity contribution in [2.45, 2.75) is 6.42 Å². The number of phenolic OH excluding ortho intramolecular Hbond substituents is 1. The van der Waals surface area contributed by atoms with Crippen LogP contribution in [0.5, 0.6) is 11.5 Å². The van der Waals surface area contributed by atoms with Gasteiger partial charge in [-0.25, -0.2) is 0 Å². The summed E-state index contributed by atoms with van der Waals surface area (Å²) >= 11 is 0. The second kappa shape index (κ2) is 6.12. The highest BCUT2D eigenvalue weighted by Gasteiger charge is 2.10. The van der Waals surface area contributed by atoms with Crippen molar-refractivity contribution in [1.82, 2.24) is 0 Å². The SMILES string of the molecule is COCCc1ccc2oc(-c3ccc(O)c(OC)c3)cc2c1. The first-order valence-corrected chi connectivity index (χ1v) is 7.10. The van der Waals surface area contributed by atoms with Crippen LogP contribution >= 0.6 is 0 Å². The number of fused-ring (bicyclic) bond motifs is 1. The maximum atomic E-state index is 9.67. The zero-order chi connectivity index (χ0) is 15.5. The summed E-state index contributed by atoms with van der Waals surface area (Å²) < 4.78 is 16.1. The van der Waals surface area contributed by atoms with Crippen LogP contribution in [0, 0.1) is 0 Å². The molecular formula is C18H18O4. The molecule has 1 heterocycles. The van der Waals surface area contributed by atoms with Crippen LogP contribution in [-0.2, 0) is 11.2 Å². The largest absolute Gasteiger partial charge is 0.504 e. The summed E-state index contributed by atoms with van der Waals surface area (Å²) in [5.41, 5.74) is 2.91. The molecule has 0 atom stereocenters. The summed E-state index contributed by atoms with van der Waals surface area (Å²) in [4.78, 5) is 0. The van der Waals surface area contributed by atoms with Crippen molar-refractivity contribution in [1.29, 1.82) is 0 Å². The predicted octanol–water partition coefficient (Wildman–Crippen LogP) is 4.00. The molecule has 0 amide bonds. The van der Waals surface area contributed by atoms with Gasteiger partial charge in [-0.15, -0.1) is 0 Å². The highest BCUT2D eigenvalue weighted by molar-refractivity contribution is 5.83. The van der Waals surface area contributed by atoms with E-state index in [2.05, 4.69) is 6.07 Å². The number of phenols is 1. The first-order chi connectivity index (χ1) is 10.7. The Morgan fingerprint density at radius 2 is 1.91 bits per heavy atom. The molecule has 0 fully saturated rings. The molecule has 4 heteroatoms. The molecule has 0 aliphatic carbocycles. The van der Waals surface area contributed by atoms with Gasteiger partial charge in [0.05, 0.1) is 13.7 Å². The molecule has 0 spiro atoms. The third-order valence-electron chi connectivity index (χ3n) is 3.64. The lowest BCUT2D eigenvalue weighted by molar-refractivity contribution is 0.202. The van der Waals surface area contributed by atoms with Crippen LogP contribution in [0.2, 0.25) is 0 Å². The molecular weight excluding hydrogens is 280 g/mol. The summed E-state index contributed by atoms with van der Waals surface area (Å²) in [5.74, 6) is 1.29. The van der Waals surface area contributed by atoms with E-state index >= 15 is 0 Å². The van der Waals surface area contributed by atoms with Crippen LogP contribution in [0.3, 0.4) is 0 Å². The first kappa shape index (κ1) is 14.5. The fourth-order valence-electron chi connectivity index (χ4n) is 2.44. The Balaban J connectivity index is 1.97. The van der Waals surface area contributed by atoms with Crippen LogP contribution in [0.4, 0.5) is 0 Å². The predicted molar refractivity (Wildman–Crippen MR) is 85.4 cm³/mol. The van der Waals surface area contributed by atoms with Crippen molar-refractivity contribution in [2.24, 2.45) is 0 Å². The van der Waals surface area contributed by atoms with E-state index in [4.69, 9.17) is 13.9 Å². The van der Waals surface area contributed by atoms with Gasteiger partial charge in [-0.3, -0.25) is 0 Å². The first-order valence-electron chi connectivity index (χ1n) is 7.10. The van der Waals surface area contributed by atoms with Gasteiger partial charge in [-0.2, -0.15) is 0 Å². The number of hydrogen-bond donors (Lipinski definition) is 1. The lowest BCUT2D eigenvalue weighted by atomic mass is 10.1. The maximum Gasteiger partial charge on any atom is 0.161 e. The zero-order valence-corrected chi connectivity index (χ0v) is 12.6. The summed E-state index contributed by atoms with van der Waals surface area (Å²) in [7, 11) is 3.23. The van der Waals surface area contributed by atoms with E-state index in [9.17, 15) is 5.11 Å². The molecule has 0 saturated heterocycles. The van der Waals surface area contributed by atoms with Crippen LogP contribution in [0.1, 0.15) is 5.56 Å². The molecule has 0 unspecified atom stereocenters. The number of rotatable bonds is 5. The Hall–Kier alpha value is -2.46. The average molecular weight is 298 g/mol. The molecule has 4 nitrogen and oxygen atoms in total. The highest BCUT2D eigenvalue weighted by Crippen LogP contribution is 2.34. The average Bonchev–Trinajstić information content (AvgIpc) is 2.96. The minimum absolute atomic E-state index is 0.115. The lowest BCUT2D eigenvalue weighted by Gasteiger charge is -2.04. The molecule has 22 heavy (non-hydrogen) atoms. The van der Waals surface area contributed by atoms with E-state index < -0.39 is 0 Å². The molecule has 0 aliphatic heterocycles. The number of hydrogen-bond acceptors (Lipinski definition) is 4. The van der Waals surface area contributed by atoms with E-state index in [1.54, 1.807) is 25.3 Å². The molecule has 1 N–H and O–H groups in total. The molecule has 0 saturated carbocycles. The second-order valence-corrected chi connectivity index (χ2v) is 5.11. The minimum Gasteiger partial charge on any atom is -0.504 e. The van der Waals surface area contributed by atoms with Gasteiger partial charge in [0.25, 0.3) is 0 Å². The molecule has 2 aromatic carbocycles. The number of ether oxygens (including phenoxy) is 2.